The lowest BCUT2D eigenvalue weighted by molar-refractivity contribution is 0.371. The summed E-state index contributed by atoms with van der Waals surface area (Å²) in [5.41, 5.74) is 3.98. The van der Waals surface area contributed by atoms with Crippen LogP contribution < -0.4 is 0 Å². The second-order valence-corrected chi connectivity index (χ2v) is 8.44. The van der Waals surface area contributed by atoms with Gasteiger partial charge in [-0.25, -0.2) is 13.4 Å². The minimum absolute atomic E-state index is 0.0554. The second-order valence-electron chi connectivity index (χ2n) is 6.47. The van der Waals surface area contributed by atoms with Crippen LogP contribution in [0.5, 0.6) is 0 Å². The molecule has 1 aromatic heterocycles. The van der Waals surface area contributed by atoms with Crippen LogP contribution in [-0.4, -0.2) is 28.8 Å². The number of fused-ring (bicyclic) bond motifs is 1. The summed E-state index contributed by atoms with van der Waals surface area (Å²) in [6.07, 6.45) is 2.51. The van der Waals surface area contributed by atoms with E-state index in [1.807, 2.05) is 37.5 Å². The Morgan fingerprint density at radius 2 is 2.09 bits per heavy atom. The molecule has 0 fully saturated rings. The number of imidazole rings is 1. The first-order valence-corrected chi connectivity index (χ1v) is 9.55. The Balaban J connectivity index is 1.83. The zero-order valence-electron chi connectivity index (χ0n) is 13.9. The summed E-state index contributed by atoms with van der Waals surface area (Å²) in [7, 11) is -3.32. The van der Waals surface area contributed by atoms with Gasteiger partial charge >= 0.3 is 0 Å². The molecule has 0 saturated carbocycles. The van der Waals surface area contributed by atoms with E-state index in [1.165, 1.54) is 0 Å². The lowest BCUT2D eigenvalue weighted by Gasteiger charge is -2.27. The van der Waals surface area contributed by atoms with E-state index < -0.39 is 10.0 Å². The van der Waals surface area contributed by atoms with Crippen LogP contribution in [-0.2, 0) is 28.7 Å². The number of aryl methyl sites for hydroxylation is 1. The molecular weight excluding hydrogens is 310 g/mol. The van der Waals surface area contributed by atoms with Gasteiger partial charge in [0, 0.05) is 19.0 Å². The molecule has 124 valence electrons. The number of sulfonamides is 1. The average molecular weight is 333 g/mol. The number of aromatic nitrogens is 2. The Morgan fingerprint density at radius 1 is 1.30 bits per heavy atom. The van der Waals surface area contributed by atoms with Gasteiger partial charge in [-0.3, -0.25) is 0 Å². The molecule has 23 heavy (non-hydrogen) atoms. The minimum atomic E-state index is -3.32. The van der Waals surface area contributed by atoms with Crippen molar-refractivity contribution in [3.05, 3.63) is 53.1 Å². The third-order valence-corrected chi connectivity index (χ3v) is 6.08. The normalized spacial score (nSPS) is 15.8. The van der Waals surface area contributed by atoms with Crippen LogP contribution in [0.15, 0.2) is 30.6 Å². The molecule has 6 heteroatoms. The van der Waals surface area contributed by atoms with E-state index in [9.17, 15) is 8.42 Å². The van der Waals surface area contributed by atoms with E-state index in [1.54, 1.807) is 4.31 Å². The van der Waals surface area contributed by atoms with E-state index in [0.717, 1.165) is 22.5 Å². The molecule has 0 aliphatic carbocycles. The van der Waals surface area contributed by atoms with Crippen LogP contribution in [0.3, 0.4) is 0 Å². The van der Waals surface area contributed by atoms with E-state index in [4.69, 9.17) is 0 Å². The average Bonchev–Trinajstić information content (AvgIpc) is 2.89. The molecule has 0 amide bonds. The highest BCUT2D eigenvalue weighted by atomic mass is 32.2. The molecule has 0 atom stereocenters. The molecule has 0 spiro atoms. The minimum Gasteiger partial charge on any atom is -0.331 e. The van der Waals surface area contributed by atoms with E-state index in [0.29, 0.717) is 19.5 Å². The maximum atomic E-state index is 12.8. The number of benzene rings is 1. The zero-order chi connectivity index (χ0) is 16.6. The summed E-state index contributed by atoms with van der Waals surface area (Å²) in [4.78, 5) is 4.43. The van der Waals surface area contributed by atoms with Gasteiger partial charge in [0.05, 0.1) is 30.0 Å². The number of nitrogens with zero attached hydrogens (tertiary/aromatic N) is 3. The summed E-state index contributed by atoms with van der Waals surface area (Å²) in [5.74, 6) is 0.0554. The van der Waals surface area contributed by atoms with Gasteiger partial charge in [0.25, 0.3) is 0 Å². The van der Waals surface area contributed by atoms with Crippen LogP contribution in [0, 0.1) is 6.92 Å². The Bertz CT molecular complexity index is 809. The van der Waals surface area contributed by atoms with Crippen molar-refractivity contribution >= 4 is 10.0 Å². The van der Waals surface area contributed by atoms with Crippen molar-refractivity contribution in [3.8, 4) is 0 Å². The maximum absolute atomic E-state index is 12.8. The molecule has 0 N–H and O–H groups in total. The molecule has 0 bridgehead atoms. The first kappa shape index (κ1) is 16.2. The van der Waals surface area contributed by atoms with Crippen LogP contribution in [0.4, 0.5) is 0 Å². The SMILES string of the molecule is Cc1cccc(CS(=O)(=O)N2CCc3ncn(C(C)C)c3C2)c1. The molecule has 1 aliphatic heterocycles. The summed E-state index contributed by atoms with van der Waals surface area (Å²) in [5, 5.41) is 0. The van der Waals surface area contributed by atoms with Gasteiger partial charge in [-0.15, -0.1) is 0 Å². The smallest absolute Gasteiger partial charge is 0.218 e. The fourth-order valence-electron chi connectivity index (χ4n) is 3.07. The largest absolute Gasteiger partial charge is 0.331 e. The fraction of sp³-hybridized carbons (Fsp3) is 0.471. The molecule has 1 aromatic carbocycles. The molecule has 2 heterocycles. The summed E-state index contributed by atoms with van der Waals surface area (Å²) >= 11 is 0. The molecule has 0 unspecified atom stereocenters. The first-order chi connectivity index (χ1) is 10.9. The highest BCUT2D eigenvalue weighted by Crippen LogP contribution is 2.24. The topological polar surface area (TPSA) is 55.2 Å². The third-order valence-electron chi connectivity index (χ3n) is 4.29. The highest BCUT2D eigenvalue weighted by molar-refractivity contribution is 7.88. The molecule has 2 aromatic rings. The standard InChI is InChI=1S/C17H23N3O2S/c1-13(2)20-12-18-16-7-8-19(10-17(16)20)23(21,22)11-15-6-4-5-14(3)9-15/h4-6,9,12-13H,7-8,10-11H2,1-3H3. The lowest BCUT2D eigenvalue weighted by atomic mass is 10.2. The van der Waals surface area contributed by atoms with Crippen LogP contribution >= 0.6 is 0 Å². The second kappa shape index (κ2) is 6.09. The Hall–Kier alpha value is -1.66. The molecule has 0 saturated heterocycles. The Kier molecular flexibility index (Phi) is 4.29. The molecule has 3 rings (SSSR count). The first-order valence-electron chi connectivity index (χ1n) is 7.95. The quantitative estimate of drug-likeness (QED) is 0.864. The fourth-order valence-corrected chi connectivity index (χ4v) is 4.54. The van der Waals surface area contributed by atoms with E-state index >= 15 is 0 Å². The molecule has 5 nitrogen and oxygen atoms in total. The summed E-state index contributed by atoms with van der Waals surface area (Å²) < 4.78 is 29.2. The van der Waals surface area contributed by atoms with Gasteiger partial charge in [0.1, 0.15) is 0 Å². The lowest BCUT2D eigenvalue weighted by Crippen LogP contribution is -2.37. The van der Waals surface area contributed by atoms with Crippen molar-refractivity contribution in [2.45, 2.75) is 45.5 Å². The van der Waals surface area contributed by atoms with Crippen LogP contribution in [0.1, 0.15) is 42.4 Å². The zero-order valence-corrected chi connectivity index (χ0v) is 14.7. The predicted molar refractivity (Wildman–Crippen MR) is 90.5 cm³/mol. The van der Waals surface area contributed by atoms with Gasteiger partial charge in [-0.1, -0.05) is 29.8 Å². The Labute approximate surface area is 138 Å². The van der Waals surface area contributed by atoms with Crippen LogP contribution in [0.2, 0.25) is 0 Å². The van der Waals surface area contributed by atoms with Gasteiger partial charge in [-0.2, -0.15) is 4.31 Å². The third kappa shape index (κ3) is 3.33. The van der Waals surface area contributed by atoms with E-state index in [2.05, 4.69) is 23.4 Å². The van der Waals surface area contributed by atoms with Crippen molar-refractivity contribution in [1.29, 1.82) is 0 Å². The van der Waals surface area contributed by atoms with Gasteiger partial charge < -0.3 is 4.57 Å². The van der Waals surface area contributed by atoms with Gasteiger partial charge in [-0.05, 0) is 26.3 Å². The monoisotopic (exact) mass is 333 g/mol. The van der Waals surface area contributed by atoms with Crippen molar-refractivity contribution in [2.75, 3.05) is 6.54 Å². The Morgan fingerprint density at radius 3 is 2.78 bits per heavy atom. The number of hydrogen-bond donors (Lipinski definition) is 0. The molecule has 1 aliphatic rings. The van der Waals surface area contributed by atoms with Gasteiger partial charge in [0.15, 0.2) is 0 Å². The predicted octanol–water partition coefficient (Wildman–Crippen LogP) is 2.66. The molecular formula is C17H23N3O2S. The van der Waals surface area contributed by atoms with E-state index in [-0.39, 0.29) is 11.8 Å². The molecule has 0 radical (unpaired) electrons. The van der Waals surface area contributed by atoms with Crippen molar-refractivity contribution in [3.63, 3.8) is 0 Å². The van der Waals surface area contributed by atoms with Crippen molar-refractivity contribution < 1.29 is 8.42 Å². The van der Waals surface area contributed by atoms with Crippen LogP contribution in [0.25, 0.3) is 0 Å². The summed E-state index contributed by atoms with van der Waals surface area (Å²) in [6, 6.07) is 7.97. The highest BCUT2D eigenvalue weighted by Gasteiger charge is 2.29. The number of hydrogen-bond acceptors (Lipinski definition) is 3. The maximum Gasteiger partial charge on any atom is 0.218 e. The van der Waals surface area contributed by atoms with Crippen molar-refractivity contribution in [1.82, 2.24) is 13.9 Å². The van der Waals surface area contributed by atoms with Gasteiger partial charge in [0.2, 0.25) is 10.0 Å². The summed E-state index contributed by atoms with van der Waals surface area (Å²) in [6.45, 7) is 7.08. The van der Waals surface area contributed by atoms with Crippen molar-refractivity contribution in [2.24, 2.45) is 0 Å². The number of rotatable bonds is 4.